The van der Waals surface area contributed by atoms with Crippen LogP contribution >= 0.6 is 0 Å². The molecule has 6 heterocycles. The van der Waals surface area contributed by atoms with Crippen LogP contribution in [0.2, 0.25) is 0 Å². The number of nitrogens with one attached hydrogen (secondary N) is 2. The number of H-pyrrole nitrogens is 1. The number of benzene rings is 4. The molecule has 4 saturated heterocycles. The number of carbonyl (C=O) groups is 3. The number of carbonyl (C=O) groups excluding carboxylic acids is 3. The van der Waals surface area contributed by atoms with Gasteiger partial charge in [-0.25, -0.2) is 14.4 Å². The van der Waals surface area contributed by atoms with Crippen LogP contribution in [0.5, 0.6) is 11.5 Å². The van der Waals surface area contributed by atoms with E-state index in [9.17, 15) is 40.7 Å². The van der Waals surface area contributed by atoms with Gasteiger partial charge in [-0.3, -0.25) is 0 Å². The van der Waals surface area contributed by atoms with Crippen LogP contribution in [0.25, 0.3) is 22.5 Å². The normalized spacial score (nSPS) is 17.1. The number of nitrogens with zero attached hydrogens (tertiary/aromatic N) is 8. The lowest BCUT2D eigenvalue weighted by atomic mass is 10.0. The van der Waals surface area contributed by atoms with Gasteiger partial charge in [-0.1, -0.05) is 65.9 Å². The maximum absolute atomic E-state index is 13.5. The Kier molecular flexibility index (Phi) is 24.3. The van der Waals surface area contributed by atoms with Crippen LogP contribution in [0.15, 0.2) is 122 Å². The molecule has 4 aromatic carbocycles. The number of aromatic nitrogens is 6. The lowest BCUT2D eigenvalue weighted by Gasteiger charge is -2.41. The van der Waals surface area contributed by atoms with Crippen LogP contribution in [0, 0.1) is 0 Å². The maximum atomic E-state index is 13.5. The second-order valence-corrected chi connectivity index (χ2v) is 21.7. The fraction of sp³-hybridized carbons (Fsp3) is 0.475. The van der Waals surface area contributed by atoms with Gasteiger partial charge < -0.3 is 48.4 Å². The van der Waals surface area contributed by atoms with E-state index in [1.165, 1.54) is 80.0 Å². The van der Waals surface area contributed by atoms with E-state index in [0.29, 0.717) is 48.1 Å². The number of amides is 3. The molecule has 2 N–H and O–H groups in total. The molecule has 0 aliphatic carbocycles. The van der Waals surface area contributed by atoms with E-state index in [2.05, 4.69) is 52.6 Å². The van der Waals surface area contributed by atoms with Gasteiger partial charge in [0.05, 0.1) is 18.4 Å². The minimum Gasteiger partial charge on any atom is -0.444 e. The summed E-state index contributed by atoms with van der Waals surface area (Å²) in [7, 11) is 0. The topological polar surface area (TPSA) is 201 Å². The van der Waals surface area contributed by atoms with Gasteiger partial charge in [0.1, 0.15) is 34.1 Å². The predicted octanol–water partition coefficient (Wildman–Crippen LogP) is 11.4. The number of alkyl halides is 6. The van der Waals surface area contributed by atoms with Crippen LogP contribution in [0.3, 0.4) is 0 Å². The largest absolute Gasteiger partial charge is 0.573 e. The molecular formula is C59H74F6N10O9. The highest BCUT2D eigenvalue weighted by molar-refractivity contribution is 5.78. The molecule has 10 rings (SSSR count). The SMILES string of the molecule is C1CCOC1.C1CCOC1.CC(C)(C)OC(=O)N1CCN(C(=O)n2cc(-c3ccc(OC(F)(F)F)cc3)nn2)C(Cc2ccccc2)C1.CC(C)(C)OC(=O)N1CCNC(Cc2ccccc2)C1.FC(F)(F)Oc1ccc(-c2cn[nH]n2)cc1. The summed E-state index contributed by atoms with van der Waals surface area (Å²) in [5.41, 5.74) is 3.20. The quantitative estimate of drug-likeness (QED) is 0.136. The van der Waals surface area contributed by atoms with Gasteiger partial charge in [-0.2, -0.15) is 20.1 Å². The molecule has 6 aromatic rings. The summed E-state index contributed by atoms with van der Waals surface area (Å²) in [4.78, 5) is 43.3. The van der Waals surface area contributed by atoms with Crippen molar-refractivity contribution in [3.63, 3.8) is 0 Å². The number of piperazine rings is 2. The Morgan fingerprint density at radius 3 is 1.51 bits per heavy atom. The van der Waals surface area contributed by atoms with Crippen LogP contribution in [0.1, 0.15) is 78.4 Å². The predicted molar refractivity (Wildman–Crippen MR) is 300 cm³/mol. The minimum atomic E-state index is -4.79. The van der Waals surface area contributed by atoms with Gasteiger partial charge in [0.15, 0.2) is 0 Å². The van der Waals surface area contributed by atoms with Crippen molar-refractivity contribution >= 4 is 18.2 Å². The third-order valence-electron chi connectivity index (χ3n) is 12.5. The Morgan fingerprint density at radius 2 is 1.07 bits per heavy atom. The first kappa shape index (κ1) is 65.4. The summed E-state index contributed by atoms with van der Waals surface area (Å²) in [5.74, 6) is -0.629. The van der Waals surface area contributed by atoms with Crippen molar-refractivity contribution in [3.05, 3.63) is 133 Å². The minimum absolute atomic E-state index is 0.211. The summed E-state index contributed by atoms with van der Waals surface area (Å²) >= 11 is 0. The van der Waals surface area contributed by atoms with Crippen molar-refractivity contribution in [2.45, 2.75) is 116 Å². The molecule has 2 unspecified atom stereocenters. The highest BCUT2D eigenvalue weighted by Gasteiger charge is 2.36. The number of aromatic amines is 1. The summed E-state index contributed by atoms with van der Waals surface area (Å²) < 4.78 is 102. The zero-order valence-electron chi connectivity index (χ0n) is 48.0. The monoisotopic (exact) mass is 1180 g/mol. The molecule has 4 aliphatic rings. The van der Waals surface area contributed by atoms with Gasteiger partial charge in [0.2, 0.25) is 0 Å². The molecule has 0 saturated carbocycles. The Bertz CT molecular complexity index is 2860. The summed E-state index contributed by atoms with van der Waals surface area (Å²) in [6.45, 7) is 18.1. The number of halogens is 6. The molecule has 19 nitrogen and oxygen atoms in total. The summed E-state index contributed by atoms with van der Waals surface area (Å²) in [6.07, 6.45) is -0.674. The van der Waals surface area contributed by atoms with Crippen molar-refractivity contribution in [1.82, 2.24) is 50.4 Å². The third-order valence-corrected chi connectivity index (χ3v) is 12.5. The highest BCUT2D eigenvalue weighted by atomic mass is 19.4. The number of hydrogen-bond acceptors (Lipinski definition) is 14. The standard InChI is InChI=1S/C26H28F3N5O4.C16H24N2O2.C9H6F3N3O.2C4H8O/c1-25(2,3)38-24(36)32-13-14-33(20(16-32)15-18-7-5-4-6-8-18)23(35)34-17-22(30-31-34)19-9-11-21(12-10-19)37-26(27,28)29;1-16(2,3)20-15(19)18-10-9-17-14(12-18)11-13-7-5-4-6-8-13;10-9(11,12)16-7-3-1-6(2-4-7)8-5-13-15-14-8;2*1-2-4-5-3-1/h4-12,17,20H,13-16H2,1-3H3;4-8,14,17H,9-12H2,1-3H3;1-5H,(H,13,14,15);2*1-4H2. The Labute approximate surface area is 484 Å². The molecule has 3 amide bonds. The fourth-order valence-corrected chi connectivity index (χ4v) is 8.65. The van der Waals surface area contributed by atoms with Crippen molar-refractivity contribution in [2.75, 3.05) is 65.7 Å². The second-order valence-electron chi connectivity index (χ2n) is 21.7. The zero-order valence-corrected chi connectivity index (χ0v) is 48.0. The third kappa shape index (κ3) is 23.8. The molecule has 0 bridgehead atoms. The summed E-state index contributed by atoms with van der Waals surface area (Å²) in [5, 5.41) is 21.2. The number of ether oxygens (including phenoxy) is 6. The molecule has 2 aromatic heterocycles. The Morgan fingerprint density at radius 1 is 0.595 bits per heavy atom. The van der Waals surface area contributed by atoms with Crippen molar-refractivity contribution in [1.29, 1.82) is 0 Å². The molecule has 456 valence electrons. The summed E-state index contributed by atoms with van der Waals surface area (Å²) in [6, 6.07) is 30.0. The van der Waals surface area contributed by atoms with E-state index in [1.807, 2.05) is 69.3 Å². The van der Waals surface area contributed by atoms with E-state index in [0.717, 1.165) is 61.8 Å². The van der Waals surface area contributed by atoms with Crippen molar-refractivity contribution < 1.29 is 69.1 Å². The smallest absolute Gasteiger partial charge is 0.444 e. The highest BCUT2D eigenvalue weighted by Crippen LogP contribution is 2.28. The molecule has 4 aliphatic heterocycles. The van der Waals surface area contributed by atoms with E-state index >= 15 is 0 Å². The van der Waals surface area contributed by atoms with Gasteiger partial charge in [0.25, 0.3) is 0 Å². The first-order chi connectivity index (χ1) is 39.9. The maximum Gasteiger partial charge on any atom is 0.573 e. The van der Waals surface area contributed by atoms with Gasteiger partial charge in [-0.15, -0.1) is 31.4 Å². The van der Waals surface area contributed by atoms with Crippen molar-refractivity contribution in [2.24, 2.45) is 0 Å². The van der Waals surface area contributed by atoms with Crippen LogP contribution < -0.4 is 14.8 Å². The average molecular weight is 1180 g/mol. The first-order valence-corrected chi connectivity index (χ1v) is 27.6. The van der Waals surface area contributed by atoms with Crippen LogP contribution in [-0.2, 0) is 31.8 Å². The zero-order chi connectivity index (χ0) is 60.8. The molecule has 0 radical (unpaired) electrons. The van der Waals surface area contributed by atoms with E-state index in [-0.39, 0.29) is 43.3 Å². The average Bonchev–Trinajstić information content (AvgIpc) is 3.92. The van der Waals surface area contributed by atoms with Gasteiger partial charge in [-0.05, 0) is 140 Å². The van der Waals surface area contributed by atoms with E-state index in [4.69, 9.17) is 18.9 Å². The molecule has 2 atom stereocenters. The fourth-order valence-electron chi connectivity index (χ4n) is 8.65. The lowest BCUT2D eigenvalue weighted by Crippen LogP contribution is -2.58. The molecular weight excluding hydrogens is 1110 g/mol. The Hall–Kier alpha value is -7.77. The molecule has 25 heteroatoms. The second kappa shape index (κ2) is 31.2. The molecule has 4 fully saturated rings. The number of hydrogen-bond donors (Lipinski definition) is 2. The molecule has 0 spiro atoms. The van der Waals surface area contributed by atoms with Gasteiger partial charge in [0, 0.05) is 82.9 Å². The van der Waals surface area contributed by atoms with Crippen LogP contribution in [-0.4, -0.2) is 165 Å². The molecule has 84 heavy (non-hydrogen) atoms. The van der Waals surface area contributed by atoms with Crippen molar-refractivity contribution in [3.8, 4) is 34.0 Å². The first-order valence-electron chi connectivity index (χ1n) is 27.6. The lowest BCUT2D eigenvalue weighted by molar-refractivity contribution is -0.275. The number of rotatable bonds is 8. The van der Waals surface area contributed by atoms with E-state index in [1.54, 1.807) is 35.5 Å². The Balaban J connectivity index is 0.000000203. The van der Waals surface area contributed by atoms with Gasteiger partial charge >= 0.3 is 30.9 Å². The van der Waals surface area contributed by atoms with E-state index < -0.39 is 36.1 Å². The van der Waals surface area contributed by atoms with Crippen LogP contribution in [0.4, 0.5) is 40.7 Å².